The van der Waals surface area contributed by atoms with E-state index in [1.165, 1.54) is 5.56 Å². The predicted molar refractivity (Wildman–Crippen MR) is 143 cm³/mol. The lowest BCUT2D eigenvalue weighted by Gasteiger charge is -2.33. The lowest BCUT2D eigenvalue weighted by atomic mass is 9.86. The van der Waals surface area contributed by atoms with Crippen LogP contribution in [0.3, 0.4) is 0 Å². The summed E-state index contributed by atoms with van der Waals surface area (Å²) in [5.74, 6) is 1.14. The maximum absolute atomic E-state index is 10.8. The lowest BCUT2D eigenvalue weighted by Crippen LogP contribution is -2.27. The summed E-state index contributed by atoms with van der Waals surface area (Å²) in [4.78, 5) is 10.0. The fraction of sp³-hybridized carbons (Fsp3) is 0.367. The largest absolute Gasteiger partial charge is 0.384 e. The van der Waals surface area contributed by atoms with E-state index in [1.54, 1.807) is 13.8 Å². The van der Waals surface area contributed by atoms with E-state index in [0.29, 0.717) is 11.6 Å². The van der Waals surface area contributed by atoms with Crippen LogP contribution in [0.2, 0.25) is 0 Å². The van der Waals surface area contributed by atoms with E-state index in [9.17, 15) is 5.11 Å². The van der Waals surface area contributed by atoms with Crippen LogP contribution in [0.1, 0.15) is 55.4 Å². The van der Waals surface area contributed by atoms with E-state index in [1.807, 2.05) is 32.2 Å². The fourth-order valence-electron chi connectivity index (χ4n) is 5.74. The number of hydrogen-bond acceptors (Lipinski definition) is 6. The molecule has 1 aromatic carbocycles. The molecule has 6 rings (SSSR count). The first-order valence-electron chi connectivity index (χ1n) is 12.9. The van der Waals surface area contributed by atoms with Crippen LogP contribution in [-0.2, 0) is 10.3 Å². The average molecular weight is 497 g/mol. The lowest BCUT2D eigenvalue weighted by molar-refractivity contribution is 0.0551. The Balaban J connectivity index is 1.69. The van der Waals surface area contributed by atoms with Crippen LogP contribution in [0.4, 0.5) is 0 Å². The topological polar surface area (TPSA) is 86.2 Å². The van der Waals surface area contributed by atoms with Gasteiger partial charge >= 0.3 is 0 Å². The first-order chi connectivity index (χ1) is 17.8. The van der Waals surface area contributed by atoms with Crippen molar-refractivity contribution in [3.63, 3.8) is 0 Å². The molecule has 5 heterocycles. The van der Waals surface area contributed by atoms with Crippen molar-refractivity contribution < 1.29 is 14.4 Å². The molecule has 1 aliphatic heterocycles. The molecule has 1 saturated heterocycles. The normalized spacial score (nSPS) is 16.0. The van der Waals surface area contributed by atoms with Gasteiger partial charge in [-0.3, -0.25) is 4.98 Å². The molecule has 0 spiro atoms. The van der Waals surface area contributed by atoms with Gasteiger partial charge in [0.25, 0.3) is 0 Å². The molecule has 1 atom stereocenters. The number of aliphatic hydroxyl groups is 1. The molecule has 1 aliphatic rings. The van der Waals surface area contributed by atoms with Crippen LogP contribution >= 0.6 is 0 Å². The van der Waals surface area contributed by atoms with Crippen LogP contribution < -0.4 is 0 Å². The Morgan fingerprint density at radius 1 is 1.05 bits per heavy atom. The van der Waals surface area contributed by atoms with Gasteiger partial charge in [0.05, 0.1) is 28.5 Å². The highest BCUT2D eigenvalue weighted by Gasteiger charge is 2.31. The van der Waals surface area contributed by atoms with Gasteiger partial charge in [0.2, 0.25) is 0 Å². The van der Waals surface area contributed by atoms with Gasteiger partial charge in [-0.25, -0.2) is 4.98 Å². The summed E-state index contributed by atoms with van der Waals surface area (Å²) in [6.07, 6.45) is 3.82. The molecule has 0 amide bonds. The molecular weight excluding hydrogens is 464 g/mol. The molecule has 37 heavy (non-hydrogen) atoms. The number of hydrogen-bond donors (Lipinski definition) is 1. The molecule has 0 radical (unpaired) electrons. The summed E-state index contributed by atoms with van der Waals surface area (Å²) in [6, 6.07) is 16.8. The third-order valence-electron chi connectivity index (χ3n) is 7.57. The first kappa shape index (κ1) is 23.8. The zero-order valence-corrected chi connectivity index (χ0v) is 21.7. The van der Waals surface area contributed by atoms with E-state index < -0.39 is 5.60 Å². The molecule has 1 N–H and O–H groups in total. The number of rotatable bonds is 5. The van der Waals surface area contributed by atoms with E-state index in [4.69, 9.17) is 19.2 Å². The quantitative estimate of drug-likeness (QED) is 0.316. The fourth-order valence-corrected chi connectivity index (χ4v) is 5.74. The summed E-state index contributed by atoms with van der Waals surface area (Å²) in [6.45, 7) is 8.93. The number of nitrogens with zero attached hydrogens (tertiary/aromatic N) is 4. The van der Waals surface area contributed by atoms with Crippen molar-refractivity contribution in [3.05, 3.63) is 77.4 Å². The Bertz CT molecular complexity index is 1550. The van der Waals surface area contributed by atoms with E-state index >= 15 is 0 Å². The summed E-state index contributed by atoms with van der Waals surface area (Å²) < 4.78 is 13.6. The Hall–Kier alpha value is -3.55. The minimum Gasteiger partial charge on any atom is -0.384 e. The molecule has 1 unspecified atom stereocenters. The summed E-state index contributed by atoms with van der Waals surface area (Å²) in [5, 5.41) is 16.0. The zero-order chi connectivity index (χ0) is 25.7. The molecule has 7 heteroatoms. The molecule has 5 aromatic rings. The molecular formula is C30H32N4O3. The van der Waals surface area contributed by atoms with Crippen molar-refractivity contribution in [2.45, 2.75) is 52.2 Å². The SMILES string of the molecule is Cc1noc(C)c1-c1cnc2c3ccc(C(C)(C)O)nc3n(C(c3ccccc3)C3CCOCC3)c2c1. The second kappa shape index (κ2) is 9.08. The van der Waals surface area contributed by atoms with Gasteiger partial charge in [-0.2, -0.15) is 0 Å². The summed E-state index contributed by atoms with van der Waals surface area (Å²) >= 11 is 0. The molecule has 0 saturated carbocycles. The monoisotopic (exact) mass is 496 g/mol. The van der Waals surface area contributed by atoms with Crippen LogP contribution in [0, 0.1) is 19.8 Å². The molecule has 7 nitrogen and oxygen atoms in total. The first-order valence-corrected chi connectivity index (χ1v) is 12.9. The van der Waals surface area contributed by atoms with E-state index in [0.717, 1.165) is 70.7 Å². The Morgan fingerprint density at radius 2 is 1.81 bits per heavy atom. The number of aryl methyl sites for hydroxylation is 2. The van der Waals surface area contributed by atoms with Gasteiger partial charge in [0.1, 0.15) is 17.0 Å². The Labute approximate surface area is 216 Å². The smallest absolute Gasteiger partial charge is 0.143 e. The van der Waals surface area contributed by atoms with E-state index in [2.05, 4.69) is 46.1 Å². The van der Waals surface area contributed by atoms with Crippen molar-refractivity contribution in [2.24, 2.45) is 5.92 Å². The Kier molecular flexibility index (Phi) is 5.85. The molecule has 190 valence electrons. The third kappa shape index (κ3) is 4.12. The third-order valence-corrected chi connectivity index (χ3v) is 7.57. The predicted octanol–water partition coefficient (Wildman–Crippen LogP) is 6.10. The van der Waals surface area contributed by atoms with Gasteiger partial charge in [-0.1, -0.05) is 35.5 Å². The van der Waals surface area contributed by atoms with Crippen molar-refractivity contribution in [2.75, 3.05) is 13.2 Å². The maximum Gasteiger partial charge on any atom is 0.143 e. The number of benzene rings is 1. The highest BCUT2D eigenvalue weighted by molar-refractivity contribution is 6.05. The van der Waals surface area contributed by atoms with Crippen LogP contribution in [0.5, 0.6) is 0 Å². The average Bonchev–Trinajstić information content (AvgIpc) is 3.40. The van der Waals surface area contributed by atoms with Crippen LogP contribution in [-0.4, -0.2) is 38.0 Å². The summed E-state index contributed by atoms with van der Waals surface area (Å²) in [7, 11) is 0. The van der Waals surface area contributed by atoms with Crippen molar-refractivity contribution in [3.8, 4) is 11.1 Å². The number of ether oxygens (including phenoxy) is 1. The minimum atomic E-state index is -1.06. The van der Waals surface area contributed by atoms with Gasteiger partial charge < -0.3 is 18.9 Å². The number of pyridine rings is 2. The zero-order valence-electron chi connectivity index (χ0n) is 21.7. The molecule has 0 aliphatic carbocycles. The van der Waals surface area contributed by atoms with Crippen molar-refractivity contribution in [1.82, 2.24) is 19.7 Å². The van der Waals surface area contributed by atoms with Crippen molar-refractivity contribution in [1.29, 1.82) is 0 Å². The van der Waals surface area contributed by atoms with E-state index in [-0.39, 0.29) is 6.04 Å². The minimum absolute atomic E-state index is 0.0383. The standard InChI is InChI=1S/C30H32N4O3/c1-18-26(19(2)37-33-18)22-16-24-27(31-17-22)23-10-11-25(30(3,4)35)32-29(23)34(24)28(20-8-6-5-7-9-20)21-12-14-36-15-13-21/h5-11,16-17,21,28,35H,12-15H2,1-4H3. The second-order valence-corrected chi connectivity index (χ2v) is 10.6. The van der Waals surface area contributed by atoms with Crippen LogP contribution in [0.25, 0.3) is 33.2 Å². The van der Waals surface area contributed by atoms with Gasteiger partial charge in [-0.15, -0.1) is 0 Å². The maximum atomic E-state index is 10.8. The Morgan fingerprint density at radius 3 is 2.49 bits per heavy atom. The molecule has 1 fully saturated rings. The number of fused-ring (bicyclic) bond motifs is 3. The molecule has 4 aromatic heterocycles. The molecule has 0 bridgehead atoms. The number of aromatic nitrogens is 4. The van der Waals surface area contributed by atoms with Crippen LogP contribution in [0.15, 0.2) is 59.3 Å². The van der Waals surface area contributed by atoms with Gasteiger partial charge in [-0.05, 0) is 70.2 Å². The van der Waals surface area contributed by atoms with Crippen molar-refractivity contribution >= 4 is 22.1 Å². The second-order valence-electron chi connectivity index (χ2n) is 10.6. The highest BCUT2D eigenvalue weighted by atomic mass is 16.5. The van der Waals surface area contributed by atoms with Gasteiger partial charge in [0, 0.05) is 35.9 Å². The highest BCUT2D eigenvalue weighted by Crippen LogP contribution is 2.41. The summed E-state index contributed by atoms with van der Waals surface area (Å²) in [5.41, 5.74) is 6.31. The van der Waals surface area contributed by atoms with Gasteiger partial charge in [0.15, 0.2) is 0 Å².